The molecule has 0 bridgehead atoms. The summed E-state index contributed by atoms with van der Waals surface area (Å²) >= 11 is 0. The summed E-state index contributed by atoms with van der Waals surface area (Å²) in [5, 5.41) is 9.66. The number of carbonyl (C=O) groups excluding carboxylic acids is 1. The van der Waals surface area contributed by atoms with Crippen molar-refractivity contribution in [3.05, 3.63) is 48.2 Å². The maximum Gasteiger partial charge on any atom is 0.275 e. The molecule has 4 heterocycles. The number of nitrogens with one attached hydrogen (secondary N) is 2. The molecule has 1 amide bonds. The van der Waals surface area contributed by atoms with E-state index in [1.807, 2.05) is 32.9 Å². The summed E-state index contributed by atoms with van der Waals surface area (Å²) in [5.74, 6) is 1.02. The van der Waals surface area contributed by atoms with Crippen molar-refractivity contribution in [1.82, 2.24) is 25.1 Å². The van der Waals surface area contributed by atoms with Gasteiger partial charge >= 0.3 is 0 Å². The Hall–Kier alpha value is -3.44. The van der Waals surface area contributed by atoms with Crippen LogP contribution in [0.1, 0.15) is 56.7 Å². The van der Waals surface area contributed by atoms with Gasteiger partial charge in [0, 0.05) is 50.6 Å². The van der Waals surface area contributed by atoms with Gasteiger partial charge in [-0.1, -0.05) is 27.7 Å². The Balaban J connectivity index is 0.000000636. The molecule has 1 fully saturated rings. The number of aromatic nitrogens is 4. The topological polar surface area (TPSA) is 122 Å². The van der Waals surface area contributed by atoms with Crippen molar-refractivity contribution in [2.24, 2.45) is 0 Å². The van der Waals surface area contributed by atoms with E-state index in [4.69, 9.17) is 9.47 Å². The number of rotatable bonds is 11. The molecule has 210 valence electrons. The van der Waals surface area contributed by atoms with Gasteiger partial charge in [-0.25, -0.2) is 4.98 Å². The molecular formula is C27H43N7O4. The van der Waals surface area contributed by atoms with Crippen molar-refractivity contribution >= 4 is 17.7 Å². The van der Waals surface area contributed by atoms with E-state index in [1.54, 1.807) is 24.7 Å². The number of morpholine rings is 1. The highest BCUT2D eigenvalue weighted by atomic mass is 16.5. The Morgan fingerprint density at radius 3 is 2.34 bits per heavy atom. The van der Waals surface area contributed by atoms with Crippen molar-refractivity contribution in [3.63, 3.8) is 0 Å². The molecule has 0 saturated carbocycles. The number of aryl methyl sites for hydroxylation is 1. The van der Waals surface area contributed by atoms with E-state index in [-0.39, 0.29) is 11.6 Å². The number of amides is 1. The predicted molar refractivity (Wildman–Crippen MR) is 149 cm³/mol. The highest BCUT2D eigenvalue weighted by Gasteiger charge is 2.18. The fraction of sp³-hybridized carbons (Fsp3) is 0.556. The molecule has 0 atom stereocenters. The summed E-state index contributed by atoms with van der Waals surface area (Å²) in [6, 6.07) is 7.02. The zero-order valence-electron chi connectivity index (χ0n) is 23.4. The summed E-state index contributed by atoms with van der Waals surface area (Å²) in [6.07, 6.45) is 5.17. The van der Waals surface area contributed by atoms with Crippen molar-refractivity contribution in [2.75, 3.05) is 62.8 Å². The van der Waals surface area contributed by atoms with Crippen LogP contribution in [0.5, 0.6) is 5.88 Å². The van der Waals surface area contributed by atoms with Crippen molar-refractivity contribution < 1.29 is 18.7 Å². The monoisotopic (exact) mass is 529 g/mol. The van der Waals surface area contributed by atoms with Crippen molar-refractivity contribution in [2.45, 2.75) is 47.5 Å². The number of hydrogen-bond acceptors (Lipinski definition) is 9. The minimum Gasteiger partial charge on any atom is -0.476 e. The maximum atomic E-state index is 12.8. The molecule has 3 aromatic heterocycles. The summed E-state index contributed by atoms with van der Waals surface area (Å²) in [5.41, 5.74) is 1.12. The second-order valence-corrected chi connectivity index (χ2v) is 8.36. The normalized spacial score (nSPS) is 13.0. The highest BCUT2D eigenvalue weighted by Crippen LogP contribution is 2.18. The highest BCUT2D eigenvalue weighted by molar-refractivity contribution is 6.02. The Labute approximate surface area is 225 Å². The van der Waals surface area contributed by atoms with Crippen LogP contribution < -0.4 is 15.0 Å². The van der Waals surface area contributed by atoms with Crippen LogP contribution in [0.4, 0.5) is 11.8 Å². The average Bonchev–Trinajstić information content (AvgIpc) is 3.66. The Bertz CT molecular complexity index is 997. The Morgan fingerprint density at radius 1 is 1.11 bits per heavy atom. The van der Waals surface area contributed by atoms with Crippen molar-refractivity contribution in [1.29, 1.82) is 0 Å². The summed E-state index contributed by atoms with van der Waals surface area (Å²) in [7, 11) is 0. The van der Waals surface area contributed by atoms with Crippen LogP contribution in [-0.2, 0) is 4.74 Å². The third-order valence-electron chi connectivity index (χ3n) is 5.33. The smallest absolute Gasteiger partial charge is 0.275 e. The average molecular weight is 530 g/mol. The van der Waals surface area contributed by atoms with Gasteiger partial charge in [0.1, 0.15) is 12.3 Å². The molecule has 4 rings (SSSR count). The van der Waals surface area contributed by atoms with Gasteiger partial charge in [0.25, 0.3) is 5.91 Å². The molecular weight excluding hydrogens is 486 g/mol. The van der Waals surface area contributed by atoms with Crippen LogP contribution in [0.25, 0.3) is 0 Å². The molecule has 0 aliphatic carbocycles. The predicted octanol–water partition coefficient (Wildman–Crippen LogP) is 4.40. The second-order valence-electron chi connectivity index (χ2n) is 8.36. The van der Waals surface area contributed by atoms with Gasteiger partial charge in [0.15, 0.2) is 5.82 Å². The molecule has 11 nitrogen and oxygen atoms in total. The molecule has 0 unspecified atom stereocenters. The fourth-order valence-corrected chi connectivity index (χ4v) is 3.59. The molecule has 0 spiro atoms. The first-order valence-corrected chi connectivity index (χ1v) is 13.5. The van der Waals surface area contributed by atoms with Gasteiger partial charge in [-0.15, -0.1) is 0 Å². The van der Waals surface area contributed by atoms with Gasteiger partial charge < -0.3 is 24.1 Å². The lowest BCUT2D eigenvalue weighted by molar-refractivity contribution is 0.0320. The number of anilines is 2. The van der Waals surface area contributed by atoms with Gasteiger partial charge in [0.2, 0.25) is 11.8 Å². The van der Waals surface area contributed by atoms with Crippen LogP contribution in [0.2, 0.25) is 0 Å². The number of nitrogens with zero attached hydrogens (tertiary/aromatic N) is 5. The molecule has 1 saturated heterocycles. The van der Waals surface area contributed by atoms with Crippen LogP contribution in [0, 0.1) is 6.92 Å². The molecule has 1 aliphatic heterocycles. The number of H-pyrrole nitrogens is 1. The summed E-state index contributed by atoms with van der Waals surface area (Å²) < 4.78 is 15.9. The Kier molecular flexibility index (Phi) is 14.5. The van der Waals surface area contributed by atoms with Crippen LogP contribution in [0.15, 0.2) is 41.2 Å². The van der Waals surface area contributed by atoms with Crippen molar-refractivity contribution in [3.8, 4) is 5.88 Å². The summed E-state index contributed by atoms with van der Waals surface area (Å²) in [4.78, 5) is 26.3. The minimum absolute atomic E-state index is 0.254. The van der Waals surface area contributed by atoms with Gasteiger partial charge in [0.05, 0.1) is 25.7 Å². The number of aromatic amines is 1. The number of ether oxygens (including phenoxy) is 2. The van der Waals surface area contributed by atoms with Crippen LogP contribution >= 0.6 is 0 Å². The third kappa shape index (κ3) is 10.9. The molecule has 2 N–H and O–H groups in total. The van der Waals surface area contributed by atoms with Gasteiger partial charge in [-0.3, -0.25) is 14.8 Å². The van der Waals surface area contributed by atoms with E-state index in [0.29, 0.717) is 24.3 Å². The largest absolute Gasteiger partial charge is 0.476 e. The first-order chi connectivity index (χ1) is 18.6. The Morgan fingerprint density at radius 2 is 1.79 bits per heavy atom. The zero-order chi connectivity index (χ0) is 27.6. The van der Waals surface area contributed by atoms with Gasteiger partial charge in [-0.2, -0.15) is 10.1 Å². The lowest BCUT2D eigenvalue weighted by Crippen LogP contribution is -2.38. The summed E-state index contributed by atoms with van der Waals surface area (Å²) in [6.45, 7) is 16.3. The zero-order valence-corrected chi connectivity index (χ0v) is 23.4. The van der Waals surface area contributed by atoms with Crippen LogP contribution in [-0.4, -0.2) is 83.5 Å². The van der Waals surface area contributed by atoms with E-state index in [0.717, 1.165) is 64.5 Å². The fourth-order valence-electron chi connectivity index (χ4n) is 3.59. The lowest BCUT2D eigenvalue weighted by Gasteiger charge is -2.26. The maximum absolute atomic E-state index is 12.8. The second kappa shape index (κ2) is 17.9. The first kappa shape index (κ1) is 30.8. The SMILES string of the molecule is CC.CCCN(CCC)c1nc(OCCN2CCOCC2)cc(C(=O)Nc2cc(C)[nH]n2)n1.c1ccoc1. The quantitative estimate of drug-likeness (QED) is 0.372. The molecule has 38 heavy (non-hydrogen) atoms. The van der Waals surface area contributed by atoms with E-state index in [2.05, 4.69) is 53.5 Å². The van der Waals surface area contributed by atoms with E-state index < -0.39 is 0 Å². The van der Waals surface area contributed by atoms with Crippen LogP contribution in [0.3, 0.4) is 0 Å². The number of hydrogen-bond donors (Lipinski definition) is 2. The van der Waals surface area contributed by atoms with Gasteiger partial charge in [-0.05, 0) is 31.9 Å². The standard InChI is InChI=1S/C21H33N7O3.C4H4O.C2H6/c1-4-6-28(7-5-2)21-22-17(20(29)23-18-14-16(3)25-26-18)15-19(24-21)31-13-10-27-8-11-30-12-9-27;1-2-4-5-3-1;1-2/h14-15H,4-13H2,1-3H3,(H2,23,25,26,29);1-4H;1-2H3. The third-order valence-corrected chi connectivity index (χ3v) is 5.33. The lowest BCUT2D eigenvalue weighted by atomic mass is 10.3. The first-order valence-electron chi connectivity index (χ1n) is 13.5. The molecule has 3 aromatic rings. The molecule has 0 radical (unpaired) electrons. The minimum atomic E-state index is -0.346. The number of furan rings is 1. The molecule has 11 heteroatoms. The van der Waals surface area contributed by atoms with E-state index >= 15 is 0 Å². The molecule has 0 aromatic carbocycles. The van der Waals surface area contributed by atoms with E-state index in [1.165, 1.54) is 0 Å². The molecule has 1 aliphatic rings. The van der Waals surface area contributed by atoms with E-state index in [9.17, 15) is 4.79 Å². The number of carbonyl (C=O) groups is 1.